The molecule has 130 valence electrons. The normalized spacial score (nSPS) is 18.0. The molecule has 0 aliphatic carbocycles. The van der Waals surface area contributed by atoms with E-state index >= 15 is 0 Å². The van der Waals surface area contributed by atoms with Gasteiger partial charge in [-0.2, -0.15) is 5.10 Å². The summed E-state index contributed by atoms with van der Waals surface area (Å²) in [5.41, 5.74) is 3.41. The van der Waals surface area contributed by atoms with E-state index in [0.29, 0.717) is 18.7 Å². The van der Waals surface area contributed by atoms with Gasteiger partial charge in [-0.25, -0.2) is 9.37 Å². The van der Waals surface area contributed by atoms with Crippen LogP contribution in [0.3, 0.4) is 0 Å². The van der Waals surface area contributed by atoms with E-state index in [2.05, 4.69) is 15.0 Å². The van der Waals surface area contributed by atoms with Gasteiger partial charge in [0, 0.05) is 36.1 Å². The van der Waals surface area contributed by atoms with E-state index in [1.165, 1.54) is 6.07 Å². The fourth-order valence-electron chi connectivity index (χ4n) is 3.41. The second kappa shape index (κ2) is 6.44. The average Bonchev–Trinajstić information content (AvgIpc) is 3.00. The first kappa shape index (κ1) is 16.0. The maximum absolute atomic E-state index is 14.2. The summed E-state index contributed by atoms with van der Waals surface area (Å²) in [4.78, 5) is 6.64. The standard InChI is InChI=1S/C19H21FN4O/c1-13-9-21-24(10-13)12-15-11-23(6-7-25-15)18-8-14(2)22-19-16(18)4-3-5-17(19)20/h3-5,8-10,15H,6-7,11-12H2,1-2H3. The number of aryl methyl sites for hydroxylation is 2. The lowest BCUT2D eigenvalue weighted by Crippen LogP contribution is -2.44. The Bertz CT molecular complexity index is 908. The highest BCUT2D eigenvalue weighted by atomic mass is 19.1. The van der Waals surface area contributed by atoms with Crippen molar-refractivity contribution in [2.24, 2.45) is 0 Å². The zero-order chi connectivity index (χ0) is 17.4. The van der Waals surface area contributed by atoms with Gasteiger partial charge in [-0.1, -0.05) is 12.1 Å². The third kappa shape index (κ3) is 3.22. The molecule has 0 amide bonds. The van der Waals surface area contributed by atoms with Crippen LogP contribution in [0.5, 0.6) is 0 Å². The highest BCUT2D eigenvalue weighted by Crippen LogP contribution is 2.29. The van der Waals surface area contributed by atoms with Gasteiger partial charge in [-0.15, -0.1) is 0 Å². The maximum Gasteiger partial charge on any atom is 0.149 e. The van der Waals surface area contributed by atoms with E-state index in [9.17, 15) is 4.39 Å². The molecule has 3 heterocycles. The van der Waals surface area contributed by atoms with E-state index in [-0.39, 0.29) is 11.9 Å². The topological polar surface area (TPSA) is 43.2 Å². The molecule has 0 spiro atoms. The number of morpholine rings is 1. The first-order valence-corrected chi connectivity index (χ1v) is 8.51. The molecule has 1 aliphatic heterocycles. The summed E-state index contributed by atoms with van der Waals surface area (Å²) >= 11 is 0. The zero-order valence-electron chi connectivity index (χ0n) is 14.4. The number of halogens is 1. The molecule has 1 atom stereocenters. The smallest absolute Gasteiger partial charge is 0.149 e. The van der Waals surface area contributed by atoms with Gasteiger partial charge in [0.15, 0.2) is 0 Å². The predicted molar refractivity (Wildman–Crippen MR) is 95.4 cm³/mol. The minimum Gasteiger partial charge on any atom is -0.373 e. The molecule has 0 N–H and O–H groups in total. The number of para-hydroxylation sites is 1. The molecule has 0 bridgehead atoms. The molecule has 2 aromatic heterocycles. The highest BCUT2D eigenvalue weighted by Gasteiger charge is 2.23. The Labute approximate surface area is 146 Å². The fraction of sp³-hybridized carbons (Fsp3) is 0.368. The molecular weight excluding hydrogens is 319 g/mol. The van der Waals surface area contributed by atoms with Crippen LogP contribution in [0.4, 0.5) is 10.1 Å². The number of fused-ring (bicyclic) bond motifs is 1. The monoisotopic (exact) mass is 340 g/mol. The second-order valence-electron chi connectivity index (χ2n) is 6.60. The molecule has 1 unspecified atom stereocenters. The number of benzene rings is 1. The lowest BCUT2D eigenvalue weighted by atomic mass is 10.1. The molecule has 1 aromatic carbocycles. The molecule has 6 heteroatoms. The molecule has 0 radical (unpaired) electrons. The second-order valence-corrected chi connectivity index (χ2v) is 6.60. The van der Waals surface area contributed by atoms with E-state index in [1.807, 2.05) is 43.1 Å². The van der Waals surface area contributed by atoms with E-state index in [4.69, 9.17) is 4.74 Å². The summed E-state index contributed by atoms with van der Waals surface area (Å²) in [6.45, 7) is 6.80. The molecule has 1 aliphatic rings. The molecule has 1 saturated heterocycles. The van der Waals surface area contributed by atoms with Crippen molar-refractivity contribution in [1.29, 1.82) is 0 Å². The van der Waals surface area contributed by atoms with Crippen LogP contribution in [0, 0.1) is 19.7 Å². The van der Waals surface area contributed by atoms with Crippen molar-refractivity contribution >= 4 is 16.6 Å². The summed E-state index contributed by atoms with van der Waals surface area (Å²) in [6.07, 6.45) is 3.91. The van der Waals surface area contributed by atoms with Crippen molar-refractivity contribution in [2.45, 2.75) is 26.5 Å². The van der Waals surface area contributed by atoms with Gasteiger partial charge in [0.25, 0.3) is 0 Å². The van der Waals surface area contributed by atoms with Crippen LogP contribution in [0.25, 0.3) is 10.9 Å². The largest absolute Gasteiger partial charge is 0.373 e. The van der Waals surface area contributed by atoms with Crippen molar-refractivity contribution in [3.63, 3.8) is 0 Å². The molecule has 25 heavy (non-hydrogen) atoms. The Kier molecular flexibility index (Phi) is 4.13. The highest BCUT2D eigenvalue weighted by molar-refractivity contribution is 5.92. The predicted octanol–water partition coefficient (Wildman–Crippen LogP) is 3.09. The molecule has 3 aromatic rings. The van der Waals surface area contributed by atoms with Crippen LogP contribution in [0.2, 0.25) is 0 Å². The number of pyridine rings is 1. The minimum absolute atomic E-state index is 0.0464. The van der Waals surface area contributed by atoms with Crippen molar-refractivity contribution in [3.05, 3.63) is 53.7 Å². The van der Waals surface area contributed by atoms with Gasteiger partial charge in [-0.3, -0.25) is 4.68 Å². The van der Waals surface area contributed by atoms with Crippen LogP contribution in [-0.2, 0) is 11.3 Å². The van der Waals surface area contributed by atoms with Crippen LogP contribution in [-0.4, -0.2) is 40.6 Å². The Morgan fingerprint density at radius 1 is 1.32 bits per heavy atom. The van der Waals surface area contributed by atoms with Gasteiger partial charge in [0.2, 0.25) is 0 Å². The van der Waals surface area contributed by atoms with Gasteiger partial charge in [0.05, 0.1) is 25.5 Å². The average molecular weight is 340 g/mol. The lowest BCUT2D eigenvalue weighted by molar-refractivity contribution is 0.0275. The quantitative estimate of drug-likeness (QED) is 0.735. The summed E-state index contributed by atoms with van der Waals surface area (Å²) in [5, 5.41) is 5.19. The molecule has 4 rings (SSSR count). The van der Waals surface area contributed by atoms with Crippen LogP contribution in [0.15, 0.2) is 36.7 Å². The van der Waals surface area contributed by atoms with Crippen LogP contribution in [0.1, 0.15) is 11.3 Å². The van der Waals surface area contributed by atoms with Crippen molar-refractivity contribution in [2.75, 3.05) is 24.6 Å². The Morgan fingerprint density at radius 2 is 2.20 bits per heavy atom. The van der Waals surface area contributed by atoms with Gasteiger partial charge in [-0.05, 0) is 31.5 Å². The number of rotatable bonds is 3. The van der Waals surface area contributed by atoms with E-state index in [0.717, 1.165) is 35.4 Å². The zero-order valence-corrected chi connectivity index (χ0v) is 14.4. The number of ether oxygens (including phenoxy) is 1. The summed E-state index contributed by atoms with van der Waals surface area (Å²) in [7, 11) is 0. The van der Waals surface area contributed by atoms with Gasteiger partial charge in [0.1, 0.15) is 11.3 Å². The fourth-order valence-corrected chi connectivity index (χ4v) is 3.41. The van der Waals surface area contributed by atoms with Crippen LogP contribution >= 0.6 is 0 Å². The maximum atomic E-state index is 14.2. The molecule has 0 saturated carbocycles. The third-order valence-electron chi connectivity index (χ3n) is 4.53. The number of hydrogen-bond acceptors (Lipinski definition) is 4. The number of hydrogen-bond donors (Lipinski definition) is 0. The van der Waals surface area contributed by atoms with Gasteiger partial charge >= 0.3 is 0 Å². The number of aromatic nitrogens is 3. The Morgan fingerprint density at radius 3 is 3.00 bits per heavy atom. The van der Waals surface area contributed by atoms with Crippen molar-refractivity contribution in [3.8, 4) is 0 Å². The molecule has 1 fully saturated rings. The molecular formula is C19H21FN4O. The first-order valence-electron chi connectivity index (χ1n) is 8.51. The summed E-state index contributed by atoms with van der Waals surface area (Å²) < 4.78 is 22.0. The third-order valence-corrected chi connectivity index (χ3v) is 4.53. The SMILES string of the molecule is Cc1cnn(CC2CN(c3cc(C)nc4c(F)cccc34)CCO2)c1. The van der Waals surface area contributed by atoms with E-state index in [1.54, 1.807) is 6.07 Å². The van der Waals surface area contributed by atoms with Crippen molar-refractivity contribution < 1.29 is 9.13 Å². The number of nitrogens with zero attached hydrogens (tertiary/aromatic N) is 4. The summed E-state index contributed by atoms with van der Waals surface area (Å²) in [6, 6.07) is 7.16. The lowest BCUT2D eigenvalue weighted by Gasteiger charge is -2.35. The van der Waals surface area contributed by atoms with Crippen molar-refractivity contribution in [1.82, 2.24) is 14.8 Å². The van der Waals surface area contributed by atoms with E-state index < -0.39 is 0 Å². The summed E-state index contributed by atoms with van der Waals surface area (Å²) in [5.74, 6) is -0.278. The van der Waals surface area contributed by atoms with Crippen LogP contribution < -0.4 is 4.90 Å². The first-order chi connectivity index (χ1) is 12.1. The molecule has 5 nitrogen and oxygen atoms in total. The van der Waals surface area contributed by atoms with Gasteiger partial charge < -0.3 is 9.64 Å². The minimum atomic E-state index is -0.278. The Hall–Kier alpha value is -2.47. The Balaban J connectivity index is 1.63. The number of anilines is 1.